The third-order valence-electron chi connectivity index (χ3n) is 2.97. The van der Waals surface area contributed by atoms with Gasteiger partial charge in [0.25, 0.3) is 0 Å². The van der Waals surface area contributed by atoms with E-state index >= 15 is 0 Å². The number of piperidine rings is 1. The number of hydrogen-bond donors (Lipinski definition) is 0. The summed E-state index contributed by atoms with van der Waals surface area (Å²) in [5, 5.41) is 0. The third kappa shape index (κ3) is 4.31. The van der Waals surface area contributed by atoms with Crippen molar-refractivity contribution in [2.45, 2.75) is 71.4 Å². The van der Waals surface area contributed by atoms with Gasteiger partial charge in [-0.25, -0.2) is 4.79 Å². The van der Waals surface area contributed by atoms with Gasteiger partial charge in [0.15, 0.2) is 0 Å². The summed E-state index contributed by atoms with van der Waals surface area (Å²) >= 11 is 0. The zero-order chi connectivity index (χ0) is 13.8. The Kier molecular flexibility index (Phi) is 5.17. The molecule has 1 aliphatic rings. The van der Waals surface area contributed by atoms with E-state index in [1.165, 1.54) is 0 Å². The monoisotopic (exact) mass is 255 g/mol. The Labute approximate surface area is 110 Å². The summed E-state index contributed by atoms with van der Waals surface area (Å²) in [4.78, 5) is 25.8. The number of carbonyl (C=O) groups is 2. The number of hydrogen-bond acceptors (Lipinski definition) is 3. The largest absolute Gasteiger partial charge is 0.458 e. The number of carbonyl (C=O) groups excluding carboxylic acids is 2. The highest BCUT2D eigenvalue weighted by Gasteiger charge is 2.34. The molecule has 4 heteroatoms. The van der Waals surface area contributed by atoms with E-state index in [1.54, 1.807) is 4.90 Å². The highest BCUT2D eigenvalue weighted by molar-refractivity contribution is 5.85. The van der Waals surface area contributed by atoms with Gasteiger partial charge in [-0.1, -0.05) is 6.92 Å². The maximum Gasteiger partial charge on any atom is 0.329 e. The Morgan fingerprint density at radius 1 is 1.28 bits per heavy atom. The van der Waals surface area contributed by atoms with E-state index in [0.29, 0.717) is 13.0 Å². The minimum Gasteiger partial charge on any atom is -0.458 e. The van der Waals surface area contributed by atoms with Gasteiger partial charge in [0.05, 0.1) is 0 Å². The molecule has 0 N–H and O–H groups in total. The van der Waals surface area contributed by atoms with Crippen LogP contribution in [0.5, 0.6) is 0 Å². The molecule has 0 aromatic carbocycles. The van der Waals surface area contributed by atoms with Crippen molar-refractivity contribution in [2.75, 3.05) is 6.54 Å². The average molecular weight is 255 g/mol. The predicted octanol–water partition coefficient (Wildman–Crippen LogP) is 2.51. The average Bonchev–Trinajstić information content (AvgIpc) is 2.27. The van der Waals surface area contributed by atoms with Crippen molar-refractivity contribution >= 4 is 11.9 Å². The van der Waals surface area contributed by atoms with E-state index in [-0.39, 0.29) is 17.9 Å². The SMILES string of the molecule is CCCC(=O)N1CCCC[C@H]1C(=O)OC(C)(C)C. The molecule has 1 atom stereocenters. The first kappa shape index (κ1) is 15.0. The molecule has 1 amide bonds. The summed E-state index contributed by atoms with van der Waals surface area (Å²) in [6, 6.07) is -0.378. The van der Waals surface area contributed by atoms with Crippen LogP contribution in [0.3, 0.4) is 0 Å². The molecule has 1 heterocycles. The van der Waals surface area contributed by atoms with Crippen LogP contribution in [-0.2, 0) is 14.3 Å². The van der Waals surface area contributed by atoms with E-state index in [4.69, 9.17) is 4.74 Å². The fourth-order valence-electron chi connectivity index (χ4n) is 2.20. The summed E-state index contributed by atoms with van der Waals surface area (Å²) in [6.45, 7) is 8.22. The normalized spacial score (nSPS) is 20.7. The van der Waals surface area contributed by atoms with Gasteiger partial charge in [-0.15, -0.1) is 0 Å². The van der Waals surface area contributed by atoms with E-state index in [2.05, 4.69) is 0 Å². The Morgan fingerprint density at radius 3 is 2.50 bits per heavy atom. The van der Waals surface area contributed by atoms with Gasteiger partial charge < -0.3 is 9.64 Å². The maximum absolute atomic E-state index is 12.1. The molecule has 0 aromatic heterocycles. The summed E-state index contributed by atoms with van der Waals surface area (Å²) in [6.07, 6.45) is 4.02. The Hall–Kier alpha value is -1.06. The molecular formula is C14H25NO3. The zero-order valence-electron chi connectivity index (χ0n) is 12.0. The number of nitrogens with zero attached hydrogens (tertiary/aromatic N) is 1. The lowest BCUT2D eigenvalue weighted by molar-refractivity contribution is -0.166. The maximum atomic E-state index is 12.1. The molecule has 1 fully saturated rings. The van der Waals surface area contributed by atoms with Crippen LogP contribution in [0.2, 0.25) is 0 Å². The molecule has 0 unspecified atom stereocenters. The second kappa shape index (κ2) is 6.21. The van der Waals surface area contributed by atoms with Gasteiger partial charge in [0.2, 0.25) is 5.91 Å². The molecule has 1 aliphatic heterocycles. The fourth-order valence-corrected chi connectivity index (χ4v) is 2.20. The van der Waals surface area contributed by atoms with Crippen molar-refractivity contribution in [1.82, 2.24) is 4.90 Å². The van der Waals surface area contributed by atoms with Gasteiger partial charge in [-0.3, -0.25) is 4.79 Å². The van der Waals surface area contributed by atoms with Crippen LogP contribution in [0.4, 0.5) is 0 Å². The molecule has 0 bridgehead atoms. The number of rotatable bonds is 3. The Bertz CT molecular complexity index is 307. The van der Waals surface area contributed by atoms with Crippen molar-refractivity contribution in [3.05, 3.63) is 0 Å². The summed E-state index contributed by atoms with van der Waals surface area (Å²) in [5.74, 6) is -0.181. The fraction of sp³-hybridized carbons (Fsp3) is 0.857. The number of ether oxygens (including phenoxy) is 1. The van der Waals surface area contributed by atoms with Gasteiger partial charge in [0, 0.05) is 13.0 Å². The van der Waals surface area contributed by atoms with Crippen LogP contribution >= 0.6 is 0 Å². The molecule has 0 aliphatic carbocycles. The van der Waals surface area contributed by atoms with Crippen LogP contribution in [-0.4, -0.2) is 35.0 Å². The molecule has 0 spiro atoms. The summed E-state index contributed by atoms with van der Waals surface area (Å²) in [7, 11) is 0. The minimum atomic E-state index is -0.492. The molecule has 0 radical (unpaired) electrons. The number of likely N-dealkylation sites (tertiary alicyclic amines) is 1. The standard InChI is InChI=1S/C14H25NO3/c1-5-8-12(16)15-10-7-6-9-11(15)13(17)18-14(2,3)4/h11H,5-10H2,1-4H3/t11-/m0/s1. The number of esters is 1. The van der Waals surface area contributed by atoms with Crippen molar-refractivity contribution in [3.63, 3.8) is 0 Å². The van der Waals surface area contributed by atoms with Crippen LogP contribution < -0.4 is 0 Å². The van der Waals surface area contributed by atoms with Gasteiger partial charge in [-0.05, 0) is 46.5 Å². The number of amides is 1. The molecule has 1 saturated heterocycles. The Balaban J connectivity index is 2.70. The molecule has 0 saturated carbocycles. The van der Waals surface area contributed by atoms with Crippen molar-refractivity contribution < 1.29 is 14.3 Å². The molecule has 18 heavy (non-hydrogen) atoms. The van der Waals surface area contributed by atoms with E-state index in [0.717, 1.165) is 25.7 Å². The lowest BCUT2D eigenvalue weighted by Gasteiger charge is -2.35. The highest BCUT2D eigenvalue weighted by Crippen LogP contribution is 2.21. The third-order valence-corrected chi connectivity index (χ3v) is 2.97. The first-order valence-electron chi connectivity index (χ1n) is 6.87. The van der Waals surface area contributed by atoms with Crippen LogP contribution in [0, 0.1) is 0 Å². The van der Waals surface area contributed by atoms with Crippen LogP contribution in [0.15, 0.2) is 0 Å². The molecular weight excluding hydrogens is 230 g/mol. The molecule has 4 nitrogen and oxygen atoms in total. The van der Waals surface area contributed by atoms with Crippen molar-refractivity contribution in [2.24, 2.45) is 0 Å². The van der Waals surface area contributed by atoms with Gasteiger partial charge >= 0.3 is 5.97 Å². The lowest BCUT2D eigenvalue weighted by Crippen LogP contribution is -2.49. The van der Waals surface area contributed by atoms with E-state index < -0.39 is 5.60 Å². The Morgan fingerprint density at radius 2 is 1.94 bits per heavy atom. The van der Waals surface area contributed by atoms with Crippen LogP contribution in [0.1, 0.15) is 59.8 Å². The second-order valence-corrected chi connectivity index (χ2v) is 5.88. The quantitative estimate of drug-likeness (QED) is 0.728. The van der Waals surface area contributed by atoms with E-state index in [9.17, 15) is 9.59 Å². The molecule has 1 rings (SSSR count). The topological polar surface area (TPSA) is 46.6 Å². The molecule has 104 valence electrons. The summed E-state index contributed by atoms with van der Waals surface area (Å²) < 4.78 is 5.40. The first-order valence-corrected chi connectivity index (χ1v) is 6.87. The minimum absolute atomic E-state index is 0.0769. The first-order chi connectivity index (χ1) is 8.35. The van der Waals surface area contributed by atoms with Gasteiger partial charge in [0.1, 0.15) is 11.6 Å². The van der Waals surface area contributed by atoms with Crippen LogP contribution in [0.25, 0.3) is 0 Å². The second-order valence-electron chi connectivity index (χ2n) is 5.88. The van der Waals surface area contributed by atoms with Crippen molar-refractivity contribution in [1.29, 1.82) is 0 Å². The highest BCUT2D eigenvalue weighted by atomic mass is 16.6. The van der Waals surface area contributed by atoms with Crippen molar-refractivity contribution in [3.8, 4) is 0 Å². The van der Waals surface area contributed by atoms with Gasteiger partial charge in [-0.2, -0.15) is 0 Å². The van der Waals surface area contributed by atoms with E-state index in [1.807, 2.05) is 27.7 Å². The summed E-state index contributed by atoms with van der Waals surface area (Å²) in [5.41, 5.74) is -0.492. The predicted molar refractivity (Wildman–Crippen MR) is 70.1 cm³/mol. The smallest absolute Gasteiger partial charge is 0.329 e. The lowest BCUT2D eigenvalue weighted by atomic mass is 10.0. The molecule has 0 aromatic rings. The zero-order valence-corrected chi connectivity index (χ0v) is 12.0.